The molecule has 1 saturated heterocycles. The molecule has 2 aliphatic rings. The van der Waals surface area contributed by atoms with Gasteiger partial charge in [-0.25, -0.2) is 0 Å². The molecule has 5 nitrogen and oxygen atoms in total. The molecule has 134 valence electrons. The molecule has 1 aromatic heterocycles. The van der Waals surface area contributed by atoms with Crippen molar-refractivity contribution in [2.75, 3.05) is 5.32 Å². The number of H-pyrrole nitrogens is 1. The minimum Gasteiger partial charge on any atom is -0.327 e. The van der Waals surface area contributed by atoms with E-state index < -0.39 is 29.2 Å². The van der Waals surface area contributed by atoms with E-state index in [4.69, 9.17) is 0 Å². The molecular weight excluding hydrogens is 347 g/mol. The fraction of sp³-hybridized carbons (Fsp3) is 0.600. The number of amides is 1. The van der Waals surface area contributed by atoms with Crippen LogP contribution in [0.2, 0.25) is 0 Å². The Morgan fingerprint density at radius 1 is 1.25 bits per heavy atom. The van der Waals surface area contributed by atoms with Crippen LogP contribution in [-0.4, -0.2) is 23.0 Å². The van der Waals surface area contributed by atoms with Gasteiger partial charge in [0, 0.05) is 12.2 Å². The lowest BCUT2D eigenvalue weighted by atomic mass is 9.85. The number of anilines is 1. The number of pyridine rings is 1. The molecule has 0 radical (unpaired) electrons. The van der Waals surface area contributed by atoms with Crippen LogP contribution in [0.1, 0.15) is 37.7 Å². The van der Waals surface area contributed by atoms with Gasteiger partial charge in [0.15, 0.2) is 0 Å². The lowest BCUT2D eigenvalue weighted by Crippen LogP contribution is -2.40. The lowest BCUT2D eigenvalue weighted by molar-refractivity contribution is -0.137. The minimum atomic E-state index is -4.58. The summed E-state index contributed by atoms with van der Waals surface area (Å²) in [5, 5.41) is 5.56. The van der Waals surface area contributed by atoms with Gasteiger partial charge >= 0.3 is 6.18 Å². The average molecular weight is 366 g/mol. The largest absolute Gasteiger partial charge is 0.417 e. The monoisotopic (exact) mass is 365 g/mol. The van der Waals surface area contributed by atoms with Crippen molar-refractivity contribution in [3.05, 3.63) is 28.2 Å². The summed E-state index contributed by atoms with van der Waals surface area (Å²) < 4.78 is 38.1. The fourth-order valence-electron chi connectivity index (χ4n) is 3.48. The Morgan fingerprint density at radius 3 is 2.62 bits per heavy atom. The van der Waals surface area contributed by atoms with E-state index in [0.717, 1.165) is 25.7 Å². The number of aromatic nitrogens is 1. The van der Waals surface area contributed by atoms with Gasteiger partial charge in [0.2, 0.25) is 5.91 Å². The van der Waals surface area contributed by atoms with E-state index in [9.17, 15) is 22.8 Å². The van der Waals surface area contributed by atoms with E-state index in [-0.39, 0.29) is 18.1 Å². The van der Waals surface area contributed by atoms with Crippen molar-refractivity contribution in [2.45, 2.75) is 50.4 Å². The number of fused-ring (bicyclic) bond motifs is 1. The number of rotatable bonds is 2. The van der Waals surface area contributed by atoms with E-state index >= 15 is 0 Å². The molecule has 1 aliphatic carbocycles. The second-order valence-electron chi connectivity index (χ2n) is 6.22. The Morgan fingerprint density at radius 2 is 1.96 bits per heavy atom. The molecule has 2 fully saturated rings. The topological polar surface area (TPSA) is 74.0 Å². The third kappa shape index (κ3) is 3.92. The van der Waals surface area contributed by atoms with Crippen LogP contribution in [0.25, 0.3) is 0 Å². The highest BCUT2D eigenvalue weighted by Gasteiger charge is 2.38. The summed E-state index contributed by atoms with van der Waals surface area (Å²) >= 11 is 0. The van der Waals surface area contributed by atoms with Crippen LogP contribution in [0, 0.1) is 5.92 Å². The number of carbonyl (C=O) groups excluding carboxylic acids is 1. The van der Waals surface area contributed by atoms with E-state index in [1.807, 2.05) is 4.98 Å². The molecule has 0 spiro atoms. The number of nitrogens with one attached hydrogen (secondary N) is 3. The van der Waals surface area contributed by atoms with E-state index in [0.29, 0.717) is 30.6 Å². The maximum absolute atomic E-state index is 12.7. The number of carbonyl (C=O) groups is 1. The highest BCUT2D eigenvalue weighted by Crippen LogP contribution is 2.33. The molecule has 0 aromatic carbocycles. The van der Waals surface area contributed by atoms with E-state index in [1.165, 1.54) is 0 Å². The van der Waals surface area contributed by atoms with Gasteiger partial charge < -0.3 is 15.6 Å². The molecule has 1 saturated carbocycles. The molecule has 2 heterocycles. The summed E-state index contributed by atoms with van der Waals surface area (Å²) in [6.45, 7) is 0. The van der Waals surface area contributed by atoms with Gasteiger partial charge in [-0.05, 0) is 31.2 Å². The molecule has 1 aromatic rings. The number of alkyl halides is 3. The lowest BCUT2D eigenvalue weighted by Gasteiger charge is -2.24. The Balaban J connectivity index is 0.00000208. The summed E-state index contributed by atoms with van der Waals surface area (Å²) in [5.74, 6) is -0.0245. The van der Waals surface area contributed by atoms with Crippen molar-refractivity contribution in [1.82, 2.24) is 10.3 Å². The molecule has 0 bridgehead atoms. The summed E-state index contributed by atoms with van der Waals surface area (Å²) in [5.41, 5.74) is -2.12. The maximum Gasteiger partial charge on any atom is 0.417 e. The maximum atomic E-state index is 12.7. The summed E-state index contributed by atoms with van der Waals surface area (Å²) in [7, 11) is 0. The first-order chi connectivity index (χ1) is 10.8. The number of halogens is 4. The molecule has 3 unspecified atom stereocenters. The molecular formula is C15H19ClF3N3O2. The SMILES string of the molecule is Cl.O=C(Nc1cc(C(F)(F)F)c[nH]c1=O)C1CC2CCCCC2N1. The second kappa shape index (κ2) is 7.14. The van der Waals surface area contributed by atoms with Crippen LogP contribution in [0.5, 0.6) is 0 Å². The number of hydrogen-bond acceptors (Lipinski definition) is 3. The molecule has 3 rings (SSSR count). The second-order valence-corrected chi connectivity index (χ2v) is 6.22. The van der Waals surface area contributed by atoms with Crippen LogP contribution >= 0.6 is 12.4 Å². The predicted octanol–water partition coefficient (Wildman–Crippen LogP) is 2.67. The van der Waals surface area contributed by atoms with Gasteiger partial charge in [-0.15, -0.1) is 12.4 Å². The molecule has 1 aliphatic heterocycles. The predicted molar refractivity (Wildman–Crippen MR) is 85.2 cm³/mol. The van der Waals surface area contributed by atoms with Crippen molar-refractivity contribution >= 4 is 24.0 Å². The Bertz CT molecular complexity index is 648. The highest BCUT2D eigenvalue weighted by atomic mass is 35.5. The summed E-state index contributed by atoms with van der Waals surface area (Å²) in [4.78, 5) is 25.9. The smallest absolute Gasteiger partial charge is 0.327 e. The van der Waals surface area contributed by atoms with Crippen molar-refractivity contribution in [3.63, 3.8) is 0 Å². The Hall–Kier alpha value is -1.54. The van der Waals surface area contributed by atoms with Gasteiger partial charge in [-0.1, -0.05) is 12.8 Å². The third-order valence-electron chi connectivity index (χ3n) is 4.67. The zero-order chi connectivity index (χ0) is 16.6. The summed E-state index contributed by atoms with van der Waals surface area (Å²) in [6.07, 6.45) is 1.02. The van der Waals surface area contributed by atoms with Crippen molar-refractivity contribution in [3.8, 4) is 0 Å². The highest BCUT2D eigenvalue weighted by molar-refractivity contribution is 5.95. The Kier molecular flexibility index (Phi) is 5.59. The van der Waals surface area contributed by atoms with Crippen LogP contribution in [-0.2, 0) is 11.0 Å². The van der Waals surface area contributed by atoms with E-state index in [2.05, 4.69) is 10.6 Å². The first kappa shape index (κ1) is 18.8. The average Bonchev–Trinajstić information content (AvgIpc) is 2.92. The zero-order valence-electron chi connectivity index (χ0n) is 12.8. The van der Waals surface area contributed by atoms with Gasteiger partial charge in [0.25, 0.3) is 5.56 Å². The minimum absolute atomic E-state index is 0. The molecule has 24 heavy (non-hydrogen) atoms. The summed E-state index contributed by atoms with van der Waals surface area (Å²) in [6, 6.07) is 0.495. The Labute approximate surface area is 142 Å². The van der Waals surface area contributed by atoms with Gasteiger partial charge in [0.05, 0.1) is 11.6 Å². The number of aromatic amines is 1. The van der Waals surface area contributed by atoms with Crippen LogP contribution < -0.4 is 16.2 Å². The van der Waals surface area contributed by atoms with Gasteiger partial charge in [-0.3, -0.25) is 9.59 Å². The van der Waals surface area contributed by atoms with Crippen LogP contribution in [0.15, 0.2) is 17.1 Å². The molecule has 3 atom stereocenters. The van der Waals surface area contributed by atoms with Crippen LogP contribution in [0.4, 0.5) is 18.9 Å². The standard InChI is InChI=1S/C15H18F3N3O2.ClH/c16-15(17,18)9-6-12(13(22)19-7-9)21-14(23)11-5-8-3-1-2-4-10(8)20-11;/h6-8,10-11,20H,1-5H2,(H,19,22)(H,21,23);1H. The van der Waals surface area contributed by atoms with Crippen molar-refractivity contribution < 1.29 is 18.0 Å². The third-order valence-corrected chi connectivity index (χ3v) is 4.67. The van der Waals surface area contributed by atoms with Crippen molar-refractivity contribution in [1.29, 1.82) is 0 Å². The first-order valence-corrected chi connectivity index (χ1v) is 7.71. The van der Waals surface area contributed by atoms with Crippen LogP contribution in [0.3, 0.4) is 0 Å². The normalized spacial score (nSPS) is 26.4. The van der Waals surface area contributed by atoms with Crippen molar-refractivity contribution in [2.24, 2.45) is 5.92 Å². The fourth-order valence-corrected chi connectivity index (χ4v) is 3.48. The first-order valence-electron chi connectivity index (χ1n) is 7.71. The van der Waals surface area contributed by atoms with E-state index in [1.54, 1.807) is 0 Å². The quantitative estimate of drug-likeness (QED) is 0.754. The van der Waals surface area contributed by atoms with Gasteiger partial charge in [-0.2, -0.15) is 13.2 Å². The molecule has 3 N–H and O–H groups in total. The zero-order valence-corrected chi connectivity index (χ0v) is 13.6. The molecule has 1 amide bonds. The number of hydrogen-bond donors (Lipinski definition) is 3. The van der Waals surface area contributed by atoms with Gasteiger partial charge in [0.1, 0.15) is 5.69 Å². The molecule has 9 heteroatoms.